The molecule has 0 saturated heterocycles. The molecule has 2 nitrogen and oxygen atoms in total. The number of halogens is 8. The van der Waals surface area contributed by atoms with Crippen molar-refractivity contribution in [3.8, 4) is 0 Å². The molecule has 0 bridgehead atoms. The number of aliphatic hydroxyl groups excluding tert-OH is 1. The summed E-state index contributed by atoms with van der Waals surface area (Å²) in [7, 11) is 0. The fourth-order valence-electron chi connectivity index (χ4n) is 1.35. The highest BCUT2D eigenvalue weighted by atomic mass is 79.9. The SMILES string of the molecule is Cl.N[C@@H](c1cc(C(F)(F)F)ccc1Br)[C@H](O)C(F)(F)F. The standard InChI is InChI=1S/C10H8BrF6NO.ClH/c11-6-2-1-4(9(12,13)14)3-5(6)7(18)8(19)10(15,16)17;/h1-3,7-8,19H,18H2;1H/t7-,8-;/m0./s1. The van der Waals surface area contributed by atoms with Gasteiger partial charge in [-0.05, 0) is 23.8 Å². The lowest BCUT2D eigenvalue weighted by Crippen LogP contribution is -2.39. The molecule has 1 aromatic carbocycles. The summed E-state index contributed by atoms with van der Waals surface area (Å²) in [6.45, 7) is 0. The molecule has 2 atom stereocenters. The van der Waals surface area contributed by atoms with E-state index in [9.17, 15) is 26.3 Å². The molecule has 0 saturated carbocycles. The zero-order chi connectivity index (χ0) is 15.0. The number of nitrogens with two attached hydrogens (primary N) is 1. The van der Waals surface area contributed by atoms with Crippen LogP contribution in [0.1, 0.15) is 17.2 Å². The van der Waals surface area contributed by atoms with E-state index in [-0.39, 0.29) is 16.9 Å². The Balaban J connectivity index is 0.00000361. The summed E-state index contributed by atoms with van der Waals surface area (Å²) < 4.78 is 74.2. The normalized spacial score (nSPS) is 15.4. The van der Waals surface area contributed by atoms with Gasteiger partial charge in [-0.1, -0.05) is 15.9 Å². The molecule has 0 amide bonds. The van der Waals surface area contributed by atoms with Gasteiger partial charge in [0.05, 0.1) is 11.6 Å². The molecular formula is C10H9BrClF6NO. The van der Waals surface area contributed by atoms with Crippen LogP contribution in [0.25, 0.3) is 0 Å². The van der Waals surface area contributed by atoms with Gasteiger partial charge in [-0.3, -0.25) is 0 Å². The zero-order valence-electron chi connectivity index (χ0n) is 9.47. The van der Waals surface area contributed by atoms with Crippen LogP contribution in [0.15, 0.2) is 22.7 Å². The van der Waals surface area contributed by atoms with Gasteiger partial charge in [-0.15, -0.1) is 12.4 Å². The van der Waals surface area contributed by atoms with Gasteiger partial charge in [0.1, 0.15) is 0 Å². The highest BCUT2D eigenvalue weighted by molar-refractivity contribution is 9.10. The lowest BCUT2D eigenvalue weighted by atomic mass is 9.99. The van der Waals surface area contributed by atoms with Gasteiger partial charge in [0.25, 0.3) is 0 Å². The molecule has 0 fully saturated rings. The van der Waals surface area contributed by atoms with Crippen LogP contribution in [0.2, 0.25) is 0 Å². The summed E-state index contributed by atoms with van der Waals surface area (Å²) in [6.07, 6.45) is -12.7. The first-order chi connectivity index (χ1) is 8.44. The molecule has 116 valence electrons. The third kappa shape index (κ3) is 4.51. The Morgan fingerprint density at radius 3 is 2.00 bits per heavy atom. The van der Waals surface area contributed by atoms with Crippen molar-refractivity contribution in [3.63, 3.8) is 0 Å². The molecule has 1 aromatic rings. The maximum absolute atomic E-state index is 12.5. The van der Waals surface area contributed by atoms with Crippen LogP contribution in [0, 0.1) is 0 Å². The van der Waals surface area contributed by atoms with Gasteiger partial charge in [0.15, 0.2) is 6.10 Å². The van der Waals surface area contributed by atoms with Crippen LogP contribution in [0.4, 0.5) is 26.3 Å². The second-order valence-electron chi connectivity index (χ2n) is 3.75. The third-order valence-corrected chi connectivity index (χ3v) is 3.08. The summed E-state index contributed by atoms with van der Waals surface area (Å²) in [5, 5.41) is 8.97. The van der Waals surface area contributed by atoms with Crippen molar-refractivity contribution in [1.29, 1.82) is 0 Å². The monoisotopic (exact) mass is 387 g/mol. The average Bonchev–Trinajstić information content (AvgIpc) is 2.25. The van der Waals surface area contributed by atoms with E-state index in [1.807, 2.05) is 0 Å². The van der Waals surface area contributed by atoms with Crippen LogP contribution in [-0.2, 0) is 6.18 Å². The summed E-state index contributed by atoms with van der Waals surface area (Å²) in [6, 6.07) is 0.0853. The molecule has 0 radical (unpaired) electrons. The van der Waals surface area contributed by atoms with Gasteiger partial charge in [-0.2, -0.15) is 26.3 Å². The van der Waals surface area contributed by atoms with E-state index in [2.05, 4.69) is 15.9 Å². The van der Waals surface area contributed by atoms with E-state index in [0.717, 1.165) is 6.07 Å². The van der Waals surface area contributed by atoms with Crippen LogP contribution in [0.5, 0.6) is 0 Å². The third-order valence-electron chi connectivity index (χ3n) is 2.36. The number of benzene rings is 1. The number of rotatable bonds is 2. The first kappa shape index (κ1) is 19.5. The quantitative estimate of drug-likeness (QED) is 0.757. The van der Waals surface area contributed by atoms with Crippen LogP contribution >= 0.6 is 28.3 Å². The first-order valence-electron chi connectivity index (χ1n) is 4.81. The highest BCUT2D eigenvalue weighted by Gasteiger charge is 2.43. The Kier molecular flexibility index (Phi) is 6.34. The molecule has 0 heterocycles. The summed E-state index contributed by atoms with van der Waals surface area (Å²) in [5.74, 6) is 0. The summed E-state index contributed by atoms with van der Waals surface area (Å²) >= 11 is 2.81. The molecule has 0 aliphatic carbocycles. The van der Waals surface area contributed by atoms with Crippen molar-refractivity contribution in [3.05, 3.63) is 33.8 Å². The molecule has 0 aliphatic rings. The Labute approximate surface area is 124 Å². The topological polar surface area (TPSA) is 46.2 Å². The van der Waals surface area contributed by atoms with Crippen molar-refractivity contribution in [2.45, 2.75) is 24.5 Å². The van der Waals surface area contributed by atoms with E-state index < -0.39 is 35.6 Å². The Hall–Kier alpha value is -0.510. The fraction of sp³-hybridized carbons (Fsp3) is 0.400. The van der Waals surface area contributed by atoms with Gasteiger partial charge in [0.2, 0.25) is 0 Å². The van der Waals surface area contributed by atoms with Gasteiger partial charge < -0.3 is 10.8 Å². The van der Waals surface area contributed by atoms with Crippen molar-refractivity contribution >= 4 is 28.3 Å². The predicted octanol–water partition coefficient (Wildman–Crippen LogP) is 3.81. The molecule has 3 N–H and O–H groups in total. The van der Waals surface area contributed by atoms with E-state index in [0.29, 0.717) is 12.1 Å². The zero-order valence-corrected chi connectivity index (χ0v) is 11.9. The number of alkyl halides is 6. The van der Waals surface area contributed by atoms with Gasteiger partial charge >= 0.3 is 12.4 Å². The average molecular weight is 389 g/mol. The fourth-order valence-corrected chi connectivity index (χ4v) is 1.86. The van der Waals surface area contributed by atoms with Crippen molar-refractivity contribution in [1.82, 2.24) is 0 Å². The number of aliphatic hydroxyl groups is 1. The van der Waals surface area contributed by atoms with E-state index in [1.165, 1.54) is 0 Å². The van der Waals surface area contributed by atoms with E-state index in [1.54, 1.807) is 0 Å². The molecule has 0 spiro atoms. The maximum atomic E-state index is 12.5. The Morgan fingerprint density at radius 1 is 1.10 bits per heavy atom. The minimum atomic E-state index is -5.02. The first-order valence-corrected chi connectivity index (χ1v) is 5.61. The Bertz CT molecular complexity index is 464. The van der Waals surface area contributed by atoms with Gasteiger partial charge in [-0.25, -0.2) is 0 Å². The smallest absolute Gasteiger partial charge is 0.382 e. The molecule has 0 aromatic heterocycles. The molecule has 20 heavy (non-hydrogen) atoms. The van der Waals surface area contributed by atoms with Crippen molar-refractivity contribution < 1.29 is 31.4 Å². The van der Waals surface area contributed by atoms with Crippen molar-refractivity contribution in [2.24, 2.45) is 5.73 Å². The maximum Gasteiger partial charge on any atom is 0.416 e. The lowest BCUT2D eigenvalue weighted by molar-refractivity contribution is -0.210. The largest absolute Gasteiger partial charge is 0.416 e. The highest BCUT2D eigenvalue weighted by Crippen LogP contribution is 2.36. The minimum absolute atomic E-state index is 0. The van der Waals surface area contributed by atoms with Gasteiger partial charge in [0, 0.05) is 4.47 Å². The molecule has 0 aliphatic heterocycles. The van der Waals surface area contributed by atoms with Crippen LogP contribution in [-0.4, -0.2) is 17.4 Å². The minimum Gasteiger partial charge on any atom is -0.382 e. The number of hydrogen-bond donors (Lipinski definition) is 2. The Morgan fingerprint density at radius 2 is 1.60 bits per heavy atom. The van der Waals surface area contributed by atoms with Crippen LogP contribution in [0.3, 0.4) is 0 Å². The van der Waals surface area contributed by atoms with Crippen LogP contribution < -0.4 is 5.73 Å². The number of hydrogen-bond acceptors (Lipinski definition) is 2. The van der Waals surface area contributed by atoms with E-state index in [4.69, 9.17) is 10.8 Å². The summed E-state index contributed by atoms with van der Waals surface area (Å²) in [5.41, 5.74) is 3.55. The second-order valence-corrected chi connectivity index (χ2v) is 4.60. The second kappa shape index (κ2) is 6.50. The molecule has 1 rings (SSSR count). The van der Waals surface area contributed by atoms with Crippen molar-refractivity contribution in [2.75, 3.05) is 0 Å². The molecule has 10 heteroatoms. The molecular weight excluding hydrogens is 379 g/mol. The lowest BCUT2D eigenvalue weighted by Gasteiger charge is -2.23. The van der Waals surface area contributed by atoms with E-state index >= 15 is 0 Å². The predicted molar refractivity (Wildman–Crippen MR) is 65.4 cm³/mol. The molecule has 0 unspecified atom stereocenters. The summed E-state index contributed by atoms with van der Waals surface area (Å²) in [4.78, 5) is 0.